The number of hydrogen-bond donors (Lipinski definition) is 1. The summed E-state index contributed by atoms with van der Waals surface area (Å²) in [6, 6.07) is 13.6. The summed E-state index contributed by atoms with van der Waals surface area (Å²) in [6.07, 6.45) is 0. The third kappa shape index (κ3) is 2.65. The lowest BCUT2D eigenvalue weighted by Gasteiger charge is -2.21. The van der Waals surface area contributed by atoms with E-state index in [4.69, 9.17) is 0 Å². The van der Waals surface area contributed by atoms with Crippen LogP contribution in [0.3, 0.4) is 0 Å². The maximum absolute atomic E-state index is 14.3. The lowest BCUT2D eigenvalue weighted by atomic mass is 9.83. The second-order valence-electron chi connectivity index (χ2n) is 7.59. The first kappa shape index (κ1) is 18.4. The van der Waals surface area contributed by atoms with E-state index in [9.17, 15) is 13.9 Å². The Morgan fingerprint density at radius 1 is 0.750 bits per heavy atom. The molecule has 0 heterocycles. The van der Waals surface area contributed by atoms with Gasteiger partial charge in [0.15, 0.2) is 11.6 Å². The fourth-order valence-electron chi connectivity index (χ4n) is 4.32. The summed E-state index contributed by atoms with van der Waals surface area (Å²) in [6.45, 7) is 8.18. The Labute approximate surface area is 163 Å². The minimum absolute atomic E-state index is 0.0834. The first-order valence-corrected chi connectivity index (χ1v) is 9.36. The lowest BCUT2D eigenvalue weighted by Crippen LogP contribution is -2.04. The molecule has 28 heavy (non-hydrogen) atoms. The number of rotatable bonds is 2. The highest BCUT2D eigenvalue weighted by molar-refractivity contribution is 5.95. The van der Waals surface area contributed by atoms with Gasteiger partial charge in [-0.1, -0.05) is 47.5 Å². The largest absolute Gasteiger partial charge is 0.507 e. The normalized spacial score (nSPS) is 15.2. The highest BCUT2D eigenvalue weighted by atomic mass is 19.2. The van der Waals surface area contributed by atoms with Gasteiger partial charge >= 0.3 is 0 Å². The second-order valence-corrected chi connectivity index (χ2v) is 7.59. The smallest absolute Gasteiger partial charge is 0.159 e. The SMILES string of the molecule is CC1=C(C)C(c2cc(F)c(F)cc2-c2ccc3ccccc3c2O)C(C)=C1C. The van der Waals surface area contributed by atoms with Gasteiger partial charge in [0.1, 0.15) is 5.75 Å². The number of fused-ring (bicyclic) bond motifs is 1. The molecule has 0 spiro atoms. The van der Waals surface area contributed by atoms with Crippen molar-refractivity contribution in [3.8, 4) is 16.9 Å². The Morgan fingerprint density at radius 2 is 1.36 bits per heavy atom. The molecule has 0 saturated heterocycles. The number of benzene rings is 3. The zero-order valence-electron chi connectivity index (χ0n) is 16.4. The molecular formula is C25H22F2O. The van der Waals surface area contributed by atoms with Crippen molar-refractivity contribution >= 4 is 10.8 Å². The van der Waals surface area contributed by atoms with Crippen LogP contribution in [0.5, 0.6) is 5.75 Å². The van der Waals surface area contributed by atoms with Crippen molar-refractivity contribution in [2.24, 2.45) is 0 Å². The van der Waals surface area contributed by atoms with Crippen LogP contribution < -0.4 is 0 Å². The molecule has 0 saturated carbocycles. The van der Waals surface area contributed by atoms with E-state index in [0.717, 1.165) is 16.5 Å². The van der Waals surface area contributed by atoms with Crippen LogP contribution in [0, 0.1) is 11.6 Å². The molecule has 0 fully saturated rings. The number of phenolic OH excluding ortho intramolecular Hbond substituents is 1. The number of hydrogen-bond acceptors (Lipinski definition) is 1. The molecule has 3 aromatic carbocycles. The molecule has 0 unspecified atom stereocenters. The van der Waals surface area contributed by atoms with E-state index in [1.807, 2.05) is 44.2 Å². The van der Waals surface area contributed by atoms with E-state index in [1.165, 1.54) is 23.3 Å². The molecule has 1 N–H and O–H groups in total. The van der Waals surface area contributed by atoms with E-state index in [1.54, 1.807) is 6.07 Å². The van der Waals surface area contributed by atoms with Crippen LogP contribution in [0.15, 0.2) is 70.8 Å². The van der Waals surface area contributed by atoms with Crippen molar-refractivity contribution < 1.29 is 13.9 Å². The molecule has 0 radical (unpaired) electrons. The molecule has 1 nitrogen and oxygen atoms in total. The number of aromatic hydroxyl groups is 1. The van der Waals surface area contributed by atoms with Crippen LogP contribution in [0.25, 0.3) is 21.9 Å². The highest BCUT2D eigenvalue weighted by Gasteiger charge is 2.29. The first-order chi connectivity index (χ1) is 13.3. The molecule has 3 heteroatoms. The molecule has 4 rings (SSSR count). The first-order valence-electron chi connectivity index (χ1n) is 9.36. The summed E-state index contributed by atoms with van der Waals surface area (Å²) >= 11 is 0. The monoisotopic (exact) mass is 376 g/mol. The molecule has 1 aliphatic rings. The standard InChI is InChI=1S/C25H22F2O/c1-13-14(2)16(4)24(15(13)3)21-12-23(27)22(26)11-20(21)19-10-9-17-7-5-6-8-18(17)25(19)28/h5-12,24,28H,1-4H3. The Kier molecular flexibility index (Phi) is 4.34. The fraction of sp³-hybridized carbons (Fsp3) is 0.200. The van der Waals surface area contributed by atoms with Gasteiger partial charge in [-0.05, 0) is 67.5 Å². The Hall–Kier alpha value is -2.94. The number of allylic oxidation sites excluding steroid dienone is 4. The lowest BCUT2D eigenvalue weighted by molar-refractivity contribution is 0.483. The van der Waals surface area contributed by atoms with E-state index >= 15 is 0 Å². The average Bonchev–Trinajstić information content (AvgIpc) is 2.87. The van der Waals surface area contributed by atoms with Gasteiger partial charge in [-0.15, -0.1) is 0 Å². The van der Waals surface area contributed by atoms with Crippen LogP contribution >= 0.6 is 0 Å². The summed E-state index contributed by atoms with van der Waals surface area (Å²) < 4.78 is 28.5. The van der Waals surface area contributed by atoms with E-state index in [-0.39, 0.29) is 11.7 Å². The molecule has 0 aliphatic heterocycles. The molecule has 0 bridgehead atoms. The van der Waals surface area contributed by atoms with Gasteiger partial charge in [0.25, 0.3) is 0 Å². The predicted molar refractivity (Wildman–Crippen MR) is 110 cm³/mol. The van der Waals surface area contributed by atoms with Crippen molar-refractivity contribution in [1.29, 1.82) is 0 Å². The highest BCUT2D eigenvalue weighted by Crippen LogP contribution is 2.48. The second kappa shape index (κ2) is 6.59. The summed E-state index contributed by atoms with van der Waals surface area (Å²) in [4.78, 5) is 0. The van der Waals surface area contributed by atoms with Crippen LogP contribution in [0.4, 0.5) is 8.78 Å². The Morgan fingerprint density at radius 3 is 2.04 bits per heavy atom. The van der Waals surface area contributed by atoms with Gasteiger partial charge in [-0.3, -0.25) is 0 Å². The van der Waals surface area contributed by atoms with Crippen LogP contribution in [-0.2, 0) is 0 Å². The number of halogens is 2. The third-order valence-electron chi connectivity index (χ3n) is 6.21. The van der Waals surface area contributed by atoms with Gasteiger partial charge in [0.05, 0.1) is 0 Å². The van der Waals surface area contributed by atoms with Gasteiger partial charge < -0.3 is 5.11 Å². The predicted octanol–water partition coefficient (Wildman–Crippen LogP) is 7.26. The summed E-state index contributed by atoms with van der Waals surface area (Å²) in [5.41, 5.74) is 6.33. The minimum Gasteiger partial charge on any atom is -0.507 e. The average molecular weight is 376 g/mol. The zero-order valence-corrected chi connectivity index (χ0v) is 16.4. The molecule has 0 aromatic heterocycles. The van der Waals surface area contributed by atoms with Crippen LogP contribution in [0.1, 0.15) is 39.2 Å². The van der Waals surface area contributed by atoms with E-state index < -0.39 is 11.6 Å². The number of phenols is 1. The van der Waals surface area contributed by atoms with Crippen molar-refractivity contribution in [2.75, 3.05) is 0 Å². The molecule has 3 aromatic rings. The van der Waals surface area contributed by atoms with Crippen molar-refractivity contribution in [3.63, 3.8) is 0 Å². The summed E-state index contributed by atoms with van der Waals surface area (Å²) in [7, 11) is 0. The quantitative estimate of drug-likeness (QED) is 0.499. The van der Waals surface area contributed by atoms with Crippen molar-refractivity contribution in [2.45, 2.75) is 33.6 Å². The van der Waals surface area contributed by atoms with E-state index in [0.29, 0.717) is 22.1 Å². The van der Waals surface area contributed by atoms with Gasteiger partial charge in [0, 0.05) is 16.9 Å². The molecular weight excluding hydrogens is 354 g/mol. The molecule has 0 amide bonds. The van der Waals surface area contributed by atoms with E-state index in [2.05, 4.69) is 13.8 Å². The topological polar surface area (TPSA) is 20.2 Å². The molecule has 142 valence electrons. The van der Waals surface area contributed by atoms with Crippen molar-refractivity contribution in [1.82, 2.24) is 0 Å². The fourth-order valence-corrected chi connectivity index (χ4v) is 4.32. The van der Waals surface area contributed by atoms with Crippen molar-refractivity contribution in [3.05, 3.63) is 88.0 Å². The van der Waals surface area contributed by atoms with Gasteiger partial charge in [-0.25, -0.2) is 8.78 Å². The summed E-state index contributed by atoms with van der Waals surface area (Å²) in [5.74, 6) is -1.83. The van der Waals surface area contributed by atoms with Crippen LogP contribution in [-0.4, -0.2) is 5.11 Å². The van der Waals surface area contributed by atoms with Gasteiger partial charge in [0.2, 0.25) is 0 Å². The maximum Gasteiger partial charge on any atom is 0.159 e. The maximum atomic E-state index is 14.3. The summed E-state index contributed by atoms with van der Waals surface area (Å²) in [5, 5.41) is 12.5. The van der Waals surface area contributed by atoms with Gasteiger partial charge in [-0.2, -0.15) is 0 Å². The third-order valence-corrected chi connectivity index (χ3v) is 6.21. The Balaban J connectivity index is 2.02. The minimum atomic E-state index is -0.916. The molecule has 0 atom stereocenters. The van der Waals surface area contributed by atoms with Crippen LogP contribution in [0.2, 0.25) is 0 Å². The zero-order chi connectivity index (χ0) is 20.2. The Bertz CT molecular complexity index is 1160. The molecule has 1 aliphatic carbocycles.